The Labute approximate surface area is 103 Å². The van der Waals surface area contributed by atoms with E-state index >= 15 is 0 Å². The lowest BCUT2D eigenvalue weighted by molar-refractivity contribution is 0.440. The summed E-state index contributed by atoms with van der Waals surface area (Å²) < 4.78 is 13.6. The first-order valence-corrected chi connectivity index (χ1v) is 6.49. The molecule has 0 radical (unpaired) electrons. The van der Waals surface area contributed by atoms with Gasteiger partial charge in [0.05, 0.1) is 0 Å². The second kappa shape index (κ2) is 6.90. The van der Waals surface area contributed by atoms with Crippen molar-refractivity contribution in [2.24, 2.45) is 5.92 Å². The Morgan fingerprint density at radius 2 is 2.06 bits per heavy atom. The zero-order chi connectivity index (χ0) is 12.0. The highest BCUT2D eigenvalue weighted by atomic mass is 35.5. The highest BCUT2D eigenvalue weighted by Crippen LogP contribution is 2.22. The zero-order valence-electron chi connectivity index (χ0n) is 10.1. The molecule has 1 atom stereocenters. The Bertz CT molecular complexity index is 323. The first-order chi connectivity index (χ1) is 7.67. The summed E-state index contributed by atoms with van der Waals surface area (Å²) in [6.07, 6.45) is 5.57. The molecule has 1 aromatic rings. The van der Waals surface area contributed by atoms with Crippen LogP contribution in [-0.2, 0) is 6.42 Å². The minimum atomic E-state index is -0.164. The Morgan fingerprint density at radius 3 is 2.62 bits per heavy atom. The maximum Gasteiger partial charge on any atom is 0.127 e. The second-order valence-electron chi connectivity index (χ2n) is 4.36. The third-order valence-corrected chi connectivity index (χ3v) is 3.30. The van der Waals surface area contributed by atoms with Gasteiger partial charge in [0.2, 0.25) is 0 Å². The van der Waals surface area contributed by atoms with E-state index in [2.05, 4.69) is 13.8 Å². The fraction of sp³-hybridized carbons (Fsp3) is 0.571. The molecule has 0 saturated carbocycles. The van der Waals surface area contributed by atoms with Crippen LogP contribution in [0, 0.1) is 11.7 Å². The van der Waals surface area contributed by atoms with Gasteiger partial charge in [-0.3, -0.25) is 0 Å². The summed E-state index contributed by atoms with van der Waals surface area (Å²) in [7, 11) is 0. The molecule has 1 aromatic carbocycles. The van der Waals surface area contributed by atoms with E-state index in [0.29, 0.717) is 10.9 Å². The molecule has 1 rings (SSSR count). The first kappa shape index (κ1) is 13.5. The van der Waals surface area contributed by atoms with E-state index < -0.39 is 0 Å². The van der Waals surface area contributed by atoms with Gasteiger partial charge in [-0.05, 0) is 30.0 Å². The van der Waals surface area contributed by atoms with Crippen LogP contribution >= 0.6 is 11.6 Å². The topological polar surface area (TPSA) is 0 Å². The van der Waals surface area contributed by atoms with Gasteiger partial charge in [-0.2, -0.15) is 0 Å². The summed E-state index contributed by atoms with van der Waals surface area (Å²) in [6.45, 7) is 4.36. The maximum atomic E-state index is 13.6. The molecule has 0 nitrogen and oxygen atoms in total. The molecule has 0 heterocycles. The van der Waals surface area contributed by atoms with Gasteiger partial charge in [-0.25, -0.2) is 4.39 Å². The lowest BCUT2D eigenvalue weighted by atomic mass is 9.92. The van der Waals surface area contributed by atoms with Crippen molar-refractivity contribution < 1.29 is 4.39 Å². The van der Waals surface area contributed by atoms with E-state index in [1.54, 1.807) is 6.07 Å². The summed E-state index contributed by atoms with van der Waals surface area (Å²) in [5.41, 5.74) is 0.798. The molecule has 2 heteroatoms. The minimum Gasteiger partial charge on any atom is -0.207 e. The molecule has 90 valence electrons. The van der Waals surface area contributed by atoms with E-state index in [0.717, 1.165) is 18.4 Å². The monoisotopic (exact) mass is 242 g/mol. The molecule has 16 heavy (non-hydrogen) atoms. The van der Waals surface area contributed by atoms with Gasteiger partial charge in [0.25, 0.3) is 0 Å². The van der Waals surface area contributed by atoms with Gasteiger partial charge < -0.3 is 0 Å². The van der Waals surface area contributed by atoms with Crippen LogP contribution in [-0.4, -0.2) is 0 Å². The van der Waals surface area contributed by atoms with Crippen LogP contribution in [0.5, 0.6) is 0 Å². The molecule has 0 spiro atoms. The van der Waals surface area contributed by atoms with Crippen LogP contribution in [0.4, 0.5) is 4.39 Å². The smallest absolute Gasteiger partial charge is 0.127 e. The number of halogens is 2. The van der Waals surface area contributed by atoms with Crippen LogP contribution in [0.3, 0.4) is 0 Å². The summed E-state index contributed by atoms with van der Waals surface area (Å²) >= 11 is 5.73. The van der Waals surface area contributed by atoms with Crippen molar-refractivity contribution in [1.29, 1.82) is 0 Å². The van der Waals surface area contributed by atoms with Gasteiger partial charge in [0, 0.05) is 5.02 Å². The maximum absolute atomic E-state index is 13.6. The summed E-state index contributed by atoms with van der Waals surface area (Å²) in [4.78, 5) is 0. The Kier molecular flexibility index (Phi) is 5.83. The number of benzene rings is 1. The van der Waals surface area contributed by atoms with Crippen molar-refractivity contribution in [3.63, 3.8) is 0 Å². The Hall–Kier alpha value is -0.560. The third-order valence-electron chi connectivity index (χ3n) is 3.07. The Morgan fingerprint density at radius 1 is 1.31 bits per heavy atom. The van der Waals surface area contributed by atoms with Gasteiger partial charge in [-0.1, -0.05) is 57.2 Å². The fourth-order valence-electron chi connectivity index (χ4n) is 1.94. The quantitative estimate of drug-likeness (QED) is 0.640. The average molecular weight is 243 g/mol. The minimum absolute atomic E-state index is 0.164. The van der Waals surface area contributed by atoms with Crippen molar-refractivity contribution in [3.8, 4) is 0 Å². The lowest BCUT2D eigenvalue weighted by Gasteiger charge is -2.14. The van der Waals surface area contributed by atoms with Crippen molar-refractivity contribution in [1.82, 2.24) is 0 Å². The van der Waals surface area contributed by atoms with Crippen molar-refractivity contribution in [3.05, 3.63) is 34.6 Å². The van der Waals surface area contributed by atoms with Crippen LogP contribution in [0.1, 0.15) is 45.1 Å². The average Bonchev–Trinajstić information content (AvgIpc) is 2.27. The van der Waals surface area contributed by atoms with E-state index in [9.17, 15) is 4.39 Å². The molecule has 0 aliphatic rings. The normalized spacial score (nSPS) is 12.8. The SMILES string of the molecule is CCCCC(CC)Cc1ccc(Cl)cc1F. The molecule has 0 N–H and O–H groups in total. The van der Waals surface area contributed by atoms with Gasteiger partial charge in [0.1, 0.15) is 5.82 Å². The second-order valence-corrected chi connectivity index (χ2v) is 4.79. The third kappa shape index (κ3) is 4.13. The summed E-state index contributed by atoms with van der Waals surface area (Å²) in [6, 6.07) is 4.99. The van der Waals surface area contributed by atoms with Crippen LogP contribution in [0.25, 0.3) is 0 Å². The van der Waals surface area contributed by atoms with E-state index in [1.807, 2.05) is 6.07 Å². The first-order valence-electron chi connectivity index (χ1n) is 6.11. The van der Waals surface area contributed by atoms with Gasteiger partial charge >= 0.3 is 0 Å². The molecular weight excluding hydrogens is 223 g/mol. The van der Waals surface area contributed by atoms with Crippen molar-refractivity contribution in [2.75, 3.05) is 0 Å². The highest BCUT2D eigenvalue weighted by Gasteiger charge is 2.10. The standard InChI is InChI=1S/C14H20ClF/c1-3-5-6-11(4-2)9-12-7-8-13(15)10-14(12)16/h7-8,10-11H,3-6,9H2,1-2H3. The molecule has 0 amide bonds. The van der Waals surface area contributed by atoms with E-state index in [-0.39, 0.29) is 5.82 Å². The number of hydrogen-bond donors (Lipinski definition) is 0. The largest absolute Gasteiger partial charge is 0.207 e. The van der Waals surface area contributed by atoms with Crippen LogP contribution in [0.15, 0.2) is 18.2 Å². The summed E-state index contributed by atoms with van der Waals surface area (Å²) in [5.74, 6) is 0.429. The molecule has 0 aliphatic carbocycles. The summed E-state index contributed by atoms with van der Waals surface area (Å²) in [5, 5.41) is 0.475. The van der Waals surface area contributed by atoms with Crippen molar-refractivity contribution >= 4 is 11.6 Å². The highest BCUT2D eigenvalue weighted by molar-refractivity contribution is 6.30. The Balaban J connectivity index is 2.62. The molecular formula is C14H20ClF. The molecule has 0 aliphatic heterocycles. The molecule has 0 fully saturated rings. The number of rotatable bonds is 6. The van der Waals surface area contributed by atoms with Crippen LogP contribution < -0.4 is 0 Å². The lowest BCUT2D eigenvalue weighted by Crippen LogP contribution is -2.05. The zero-order valence-corrected chi connectivity index (χ0v) is 10.9. The molecule has 0 bridgehead atoms. The molecule has 0 aromatic heterocycles. The van der Waals surface area contributed by atoms with Gasteiger partial charge in [0.15, 0.2) is 0 Å². The molecule has 0 saturated heterocycles. The number of hydrogen-bond acceptors (Lipinski definition) is 0. The van der Waals surface area contributed by atoms with E-state index in [1.165, 1.54) is 25.3 Å². The van der Waals surface area contributed by atoms with Crippen molar-refractivity contribution in [2.45, 2.75) is 46.0 Å². The van der Waals surface area contributed by atoms with Gasteiger partial charge in [-0.15, -0.1) is 0 Å². The van der Waals surface area contributed by atoms with E-state index in [4.69, 9.17) is 11.6 Å². The molecule has 1 unspecified atom stereocenters. The predicted octanol–water partition coefficient (Wildman–Crippen LogP) is 5.24. The predicted molar refractivity (Wildman–Crippen MR) is 68.4 cm³/mol. The number of unbranched alkanes of at least 4 members (excludes halogenated alkanes) is 1. The van der Waals surface area contributed by atoms with Crippen LogP contribution in [0.2, 0.25) is 5.02 Å². The fourth-order valence-corrected chi connectivity index (χ4v) is 2.10.